The highest BCUT2D eigenvalue weighted by molar-refractivity contribution is 9.10. The standard InChI is InChI=1S/C25H26BrNO4/c1-3-28-23-12-19(15-27-20-8-9-22-24(13-20)30-11-10-29-22)21(26)14-25(23)31-16-18-7-5-4-6-17(18)2/h4-9,12-14,27H,3,10-11,15-16H2,1-2H3. The molecular weight excluding hydrogens is 458 g/mol. The molecule has 0 aliphatic carbocycles. The van der Waals surface area contributed by atoms with Crippen molar-refractivity contribution in [2.24, 2.45) is 0 Å². The molecule has 4 rings (SSSR count). The van der Waals surface area contributed by atoms with Gasteiger partial charge in [-0.2, -0.15) is 0 Å². The summed E-state index contributed by atoms with van der Waals surface area (Å²) < 4.78 is 24.2. The van der Waals surface area contributed by atoms with E-state index in [0.717, 1.165) is 44.3 Å². The van der Waals surface area contributed by atoms with Crippen LogP contribution in [0.2, 0.25) is 0 Å². The molecule has 0 radical (unpaired) electrons. The van der Waals surface area contributed by atoms with E-state index in [1.165, 1.54) is 5.56 Å². The molecule has 6 heteroatoms. The van der Waals surface area contributed by atoms with Crippen molar-refractivity contribution in [3.8, 4) is 23.0 Å². The van der Waals surface area contributed by atoms with E-state index in [1.54, 1.807) is 0 Å². The monoisotopic (exact) mass is 483 g/mol. The van der Waals surface area contributed by atoms with E-state index >= 15 is 0 Å². The highest BCUT2D eigenvalue weighted by Gasteiger charge is 2.14. The second kappa shape index (κ2) is 9.96. The molecule has 1 heterocycles. The number of nitrogens with one attached hydrogen (secondary N) is 1. The van der Waals surface area contributed by atoms with E-state index in [2.05, 4.69) is 40.3 Å². The SMILES string of the molecule is CCOc1cc(CNc2ccc3c(c2)OCCO3)c(Br)cc1OCc1ccccc1C. The Morgan fingerprint density at radius 3 is 2.48 bits per heavy atom. The van der Waals surface area contributed by atoms with Gasteiger partial charge in [0.25, 0.3) is 0 Å². The van der Waals surface area contributed by atoms with Crippen LogP contribution in [0.15, 0.2) is 59.1 Å². The van der Waals surface area contributed by atoms with Gasteiger partial charge in [-0.1, -0.05) is 40.2 Å². The average molecular weight is 484 g/mol. The second-order valence-electron chi connectivity index (χ2n) is 7.25. The summed E-state index contributed by atoms with van der Waals surface area (Å²) >= 11 is 3.69. The molecule has 0 atom stereocenters. The first-order valence-electron chi connectivity index (χ1n) is 10.4. The average Bonchev–Trinajstić information content (AvgIpc) is 2.79. The zero-order valence-electron chi connectivity index (χ0n) is 17.7. The molecule has 1 aliphatic rings. The maximum atomic E-state index is 6.11. The van der Waals surface area contributed by atoms with Gasteiger partial charge < -0.3 is 24.3 Å². The van der Waals surface area contributed by atoms with Crippen LogP contribution in [-0.2, 0) is 13.2 Å². The first-order valence-corrected chi connectivity index (χ1v) is 11.2. The van der Waals surface area contributed by atoms with Crippen LogP contribution in [0.1, 0.15) is 23.6 Å². The van der Waals surface area contributed by atoms with Crippen molar-refractivity contribution in [3.05, 3.63) is 75.8 Å². The molecule has 5 nitrogen and oxygen atoms in total. The summed E-state index contributed by atoms with van der Waals surface area (Å²) in [5.41, 5.74) is 4.40. The Hall–Kier alpha value is -2.86. The summed E-state index contributed by atoms with van der Waals surface area (Å²) in [4.78, 5) is 0. The molecule has 31 heavy (non-hydrogen) atoms. The lowest BCUT2D eigenvalue weighted by atomic mass is 10.1. The van der Waals surface area contributed by atoms with Crippen molar-refractivity contribution in [2.45, 2.75) is 27.0 Å². The summed E-state index contributed by atoms with van der Waals surface area (Å²) in [7, 11) is 0. The molecule has 0 saturated heterocycles. The van der Waals surface area contributed by atoms with Gasteiger partial charge in [0.2, 0.25) is 0 Å². The number of aryl methyl sites for hydroxylation is 1. The van der Waals surface area contributed by atoms with Crippen LogP contribution < -0.4 is 24.3 Å². The maximum absolute atomic E-state index is 6.11. The van der Waals surface area contributed by atoms with Crippen molar-refractivity contribution < 1.29 is 18.9 Å². The molecule has 0 unspecified atom stereocenters. The van der Waals surface area contributed by atoms with Crippen LogP contribution in [0.5, 0.6) is 23.0 Å². The van der Waals surface area contributed by atoms with Crippen LogP contribution in [-0.4, -0.2) is 19.8 Å². The minimum atomic E-state index is 0.494. The zero-order valence-corrected chi connectivity index (χ0v) is 19.3. The molecule has 0 saturated carbocycles. The molecule has 0 spiro atoms. The summed E-state index contributed by atoms with van der Waals surface area (Å²) in [5.74, 6) is 3.01. The highest BCUT2D eigenvalue weighted by atomic mass is 79.9. The number of halogens is 1. The third-order valence-corrected chi connectivity index (χ3v) is 5.82. The van der Waals surface area contributed by atoms with E-state index in [9.17, 15) is 0 Å². The first-order chi connectivity index (χ1) is 15.1. The maximum Gasteiger partial charge on any atom is 0.163 e. The van der Waals surface area contributed by atoms with Crippen molar-refractivity contribution >= 4 is 21.6 Å². The molecule has 1 N–H and O–H groups in total. The van der Waals surface area contributed by atoms with Gasteiger partial charge in [0.1, 0.15) is 19.8 Å². The van der Waals surface area contributed by atoms with Gasteiger partial charge in [-0.15, -0.1) is 0 Å². The molecule has 0 fully saturated rings. The molecule has 1 aliphatic heterocycles. The first kappa shape index (κ1) is 21.4. The van der Waals surface area contributed by atoms with E-state index in [0.29, 0.717) is 33.0 Å². The van der Waals surface area contributed by atoms with Crippen molar-refractivity contribution in [2.75, 3.05) is 25.1 Å². The molecule has 0 aromatic heterocycles. The highest BCUT2D eigenvalue weighted by Crippen LogP contribution is 2.36. The van der Waals surface area contributed by atoms with Crippen LogP contribution >= 0.6 is 15.9 Å². The summed E-state index contributed by atoms with van der Waals surface area (Å²) in [5, 5.41) is 3.44. The van der Waals surface area contributed by atoms with E-state index < -0.39 is 0 Å². The minimum Gasteiger partial charge on any atom is -0.490 e. The van der Waals surface area contributed by atoms with Crippen LogP contribution in [0.25, 0.3) is 0 Å². The van der Waals surface area contributed by atoms with Crippen LogP contribution in [0, 0.1) is 6.92 Å². The Bertz CT molecular complexity index is 1050. The lowest BCUT2D eigenvalue weighted by Crippen LogP contribution is -2.15. The van der Waals surface area contributed by atoms with Gasteiger partial charge in [0, 0.05) is 22.8 Å². The fourth-order valence-electron chi connectivity index (χ4n) is 3.37. The Kier molecular flexibility index (Phi) is 6.87. The summed E-state index contributed by atoms with van der Waals surface area (Å²) in [6.07, 6.45) is 0. The van der Waals surface area contributed by atoms with Gasteiger partial charge in [-0.3, -0.25) is 0 Å². The zero-order chi connectivity index (χ0) is 21.6. The molecule has 0 bridgehead atoms. The normalized spacial score (nSPS) is 12.4. The number of anilines is 1. The largest absolute Gasteiger partial charge is 0.490 e. The third kappa shape index (κ3) is 5.25. The molecule has 3 aromatic rings. The lowest BCUT2D eigenvalue weighted by molar-refractivity contribution is 0.171. The number of benzene rings is 3. The number of ether oxygens (including phenoxy) is 4. The summed E-state index contributed by atoms with van der Waals surface area (Å²) in [6, 6.07) is 18.1. The number of hydrogen-bond donors (Lipinski definition) is 1. The van der Waals surface area contributed by atoms with Crippen LogP contribution in [0.3, 0.4) is 0 Å². The number of hydrogen-bond acceptors (Lipinski definition) is 5. The topological polar surface area (TPSA) is 49.0 Å². The third-order valence-electron chi connectivity index (χ3n) is 5.08. The van der Waals surface area contributed by atoms with Crippen molar-refractivity contribution in [1.82, 2.24) is 0 Å². The lowest BCUT2D eigenvalue weighted by Gasteiger charge is -2.19. The number of rotatable bonds is 8. The van der Waals surface area contributed by atoms with Crippen molar-refractivity contribution in [1.29, 1.82) is 0 Å². The van der Waals surface area contributed by atoms with Crippen molar-refractivity contribution in [3.63, 3.8) is 0 Å². The van der Waals surface area contributed by atoms with E-state index in [1.807, 2.05) is 49.4 Å². The van der Waals surface area contributed by atoms with E-state index in [-0.39, 0.29) is 0 Å². The Morgan fingerprint density at radius 2 is 1.68 bits per heavy atom. The number of fused-ring (bicyclic) bond motifs is 1. The van der Waals surface area contributed by atoms with E-state index in [4.69, 9.17) is 18.9 Å². The fraction of sp³-hybridized carbons (Fsp3) is 0.280. The van der Waals surface area contributed by atoms with Crippen LogP contribution in [0.4, 0.5) is 5.69 Å². The molecule has 162 valence electrons. The Morgan fingerprint density at radius 1 is 0.903 bits per heavy atom. The molecular formula is C25H26BrNO4. The minimum absolute atomic E-state index is 0.494. The van der Waals surface area contributed by atoms with Gasteiger partial charge in [0.05, 0.1) is 6.61 Å². The Balaban J connectivity index is 1.48. The smallest absolute Gasteiger partial charge is 0.163 e. The predicted molar refractivity (Wildman–Crippen MR) is 126 cm³/mol. The van der Waals surface area contributed by atoms with Gasteiger partial charge in [-0.25, -0.2) is 0 Å². The van der Waals surface area contributed by atoms with Gasteiger partial charge in [-0.05, 0) is 54.8 Å². The fourth-order valence-corrected chi connectivity index (χ4v) is 3.83. The predicted octanol–water partition coefficient (Wildman–Crippen LogP) is 6.12. The quantitative estimate of drug-likeness (QED) is 0.418. The summed E-state index contributed by atoms with van der Waals surface area (Å²) in [6.45, 7) is 6.91. The Labute approximate surface area is 191 Å². The van der Waals surface area contributed by atoms with Gasteiger partial charge >= 0.3 is 0 Å². The van der Waals surface area contributed by atoms with Gasteiger partial charge in [0.15, 0.2) is 23.0 Å². The molecule has 0 amide bonds. The molecule has 3 aromatic carbocycles. The second-order valence-corrected chi connectivity index (χ2v) is 8.10.